The summed E-state index contributed by atoms with van der Waals surface area (Å²) < 4.78 is 10.6. The van der Waals surface area contributed by atoms with Gasteiger partial charge in [0.1, 0.15) is 5.76 Å². The fourth-order valence-corrected chi connectivity index (χ4v) is 3.17. The number of aryl methyl sites for hydroxylation is 1. The van der Waals surface area contributed by atoms with Crippen LogP contribution in [0.1, 0.15) is 19.1 Å². The Morgan fingerprint density at radius 2 is 1.89 bits per heavy atom. The number of rotatable bonds is 8. The summed E-state index contributed by atoms with van der Waals surface area (Å²) in [6.45, 7) is 5.61. The Labute approximate surface area is 165 Å². The number of morpholine rings is 1. The number of amides is 2. The number of nitrogens with zero attached hydrogens (tertiary/aromatic N) is 2. The molecule has 28 heavy (non-hydrogen) atoms. The molecular weight excluding hydrogens is 358 g/mol. The molecule has 2 heterocycles. The van der Waals surface area contributed by atoms with Crippen molar-refractivity contribution in [1.82, 2.24) is 4.90 Å². The number of hydrogen-bond donors (Lipinski definition) is 1. The lowest BCUT2D eigenvalue weighted by Crippen LogP contribution is -2.38. The van der Waals surface area contributed by atoms with Gasteiger partial charge in [-0.15, -0.1) is 0 Å². The number of anilines is 2. The number of hydrogen-bond acceptors (Lipinski definition) is 5. The van der Waals surface area contributed by atoms with Gasteiger partial charge in [-0.3, -0.25) is 9.59 Å². The zero-order valence-electron chi connectivity index (χ0n) is 16.2. The van der Waals surface area contributed by atoms with Gasteiger partial charge in [0.15, 0.2) is 0 Å². The second-order valence-corrected chi connectivity index (χ2v) is 6.68. The molecule has 0 bridgehead atoms. The first-order chi connectivity index (χ1) is 13.7. The number of benzene rings is 1. The van der Waals surface area contributed by atoms with E-state index in [0.29, 0.717) is 19.4 Å². The van der Waals surface area contributed by atoms with Crippen molar-refractivity contribution in [1.29, 1.82) is 0 Å². The molecule has 1 aliphatic rings. The molecule has 1 fully saturated rings. The summed E-state index contributed by atoms with van der Waals surface area (Å²) in [7, 11) is 0. The second-order valence-electron chi connectivity index (χ2n) is 6.68. The van der Waals surface area contributed by atoms with Crippen molar-refractivity contribution in [2.24, 2.45) is 0 Å². The summed E-state index contributed by atoms with van der Waals surface area (Å²) in [6.07, 6.45) is 2.45. The number of nitrogens with one attached hydrogen (secondary N) is 1. The van der Waals surface area contributed by atoms with E-state index in [0.717, 1.165) is 43.4 Å². The molecule has 7 nitrogen and oxygen atoms in total. The minimum absolute atomic E-state index is 0.0404. The van der Waals surface area contributed by atoms with Gasteiger partial charge in [0, 0.05) is 43.9 Å². The standard InChI is InChI=1S/C21H27N3O4/c1-2-23(21(26)10-9-19-4-3-13-28-19)16-20(25)22-17-5-7-18(8-6-17)24-11-14-27-15-12-24/h3-8,13H,2,9-12,14-16H2,1H3,(H,22,25). The van der Waals surface area contributed by atoms with E-state index < -0.39 is 0 Å². The first-order valence-corrected chi connectivity index (χ1v) is 9.68. The lowest BCUT2D eigenvalue weighted by molar-refractivity contribution is -0.134. The molecule has 1 aliphatic heterocycles. The highest BCUT2D eigenvalue weighted by molar-refractivity contribution is 5.94. The van der Waals surface area contributed by atoms with Gasteiger partial charge in [0.2, 0.25) is 11.8 Å². The summed E-state index contributed by atoms with van der Waals surface area (Å²) in [6, 6.07) is 11.4. The van der Waals surface area contributed by atoms with E-state index in [2.05, 4.69) is 10.2 Å². The highest BCUT2D eigenvalue weighted by Crippen LogP contribution is 2.19. The predicted molar refractivity (Wildman–Crippen MR) is 107 cm³/mol. The van der Waals surface area contributed by atoms with Crippen LogP contribution in [0.15, 0.2) is 47.1 Å². The van der Waals surface area contributed by atoms with Gasteiger partial charge >= 0.3 is 0 Å². The first-order valence-electron chi connectivity index (χ1n) is 9.68. The summed E-state index contributed by atoms with van der Waals surface area (Å²) in [4.78, 5) is 28.5. The third-order valence-electron chi connectivity index (χ3n) is 4.76. The van der Waals surface area contributed by atoms with Crippen molar-refractivity contribution in [2.75, 3.05) is 49.6 Å². The Hall–Kier alpha value is -2.80. The van der Waals surface area contributed by atoms with Crippen LogP contribution in [0.4, 0.5) is 11.4 Å². The third-order valence-corrected chi connectivity index (χ3v) is 4.76. The second kappa shape index (κ2) is 9.94. The largest absolute Gasteiger partial charge is 0.469 e. The maximum atomic E-state index is 12.4. The van der Waals surface area contributed by atoms with E-state index in [1.54, 1.807) is 17.2 Å². The van der Waals surface area contributed by atoms with Crippen molar-refractivity contribution in [3.05, 3.63) is 48.4 Å². The van der Waals surface area contributed by atoms with Crippen LogP contribution in [-0.4, -0.2) is 56.1 Å². The first kappa shape index (κ1) is 19.9. The molecule has 0 aliphatic carbocycles. The monoisotopic (exact) mass is 385 g/mol. The Kier molecular flexibility index (Phi) is 7.08. The van der Waals surface area contributed by atoms with Crippen LogP contribution >= 0.6 is 0 Å². The molecule has 150 valence electrons. The van der Waals surface area contributed by atoms with E-state index in [4.69, 9.17) is 9.15 Å². The van der Waals surface area contributed by atoms with Gasteiger partial charge in [-0.25, -0.2) is 0 Å². The number of furan rings is 1. The molecule has 2 aromatic rings. The molecule has 3 rings (SSSR count). The van der Waals surface area contributed by atoms with E-state index in [9.17, 15) is 9.59 Å². The van der Waals surface area contributed by atoms with Gasteiger partial charge in [0.05, 0.1) is 26.0 Å². The molecule has 0 atom stereocenters. The van der Waals surface area contributed by atoms with Crippen molar-refractivity contribution >= 4 is 23.2 Å². The summed E-state index contributed by atoms with van der Waals surface area (Å²) in [5.74, 6) is 0.512. The van der Waals surface area contributed by atoms with Crippen molar-refractivity contribution in [3.63, 3.8) is 0 Å². The maximum absolute atomic E-state index is 12.4. The molecule has 0 radical (unpaired) electrons. The summed E-state index contributed by atoms with van der Waals surface area (Å²) in [5.41, 5.74) is 1.84. The minimum Gasteiger partial charge on any atom is -0.469 e. The Bertz CT molecular complexity index is 752. The van der Waals surface area contributed by atoms with Crippen molar-refractivity contribution in [2.45, 2.75) is 19.8 Å². The fourth-order valence-electron chi connectivity index (χ4n) is 3.17. The van der Waals surface area contributed by atoms with Crippen LogP contribution in [0.25, 0.3) is 0 Å². The van der Waals surface area contributed by atoms with Crippen molar-refractivity contribution < 1.29 is 18.7 Å². The summed E-state index contributed by atoms with van der Waals surface area (Å²) >= 11 is 0. The fraction of sp³-hybridized carbons (Fsp3) is 0.429. The van der Waals surface area contributed by atoms with Crippen LogP contribution < -0.4 is 10.2 Å². The highest BCUT2D eigenvalue weighted by Gasteiger charge is 2.16. The molecule has 0 unspecified atom stereocenters. The topological polar surface area (TPSA) is 75.0 Å². The average Bonchev–Trinajstić information content (AvgIpc) is 3.25. The number of ether oxygens (including phenoxy) is 1. The van der Waals surface area contributed by atoms with E-state index in [1.807, 2.05) is 37.3 Å². The number of carbonyl (C=O) groups excluding carboxylic acids is 2. The zero-order chi connectivity index (χ0) is 19.8. The van der Waals surface area contributed by atoms with Crippen LogP contribution in [0.3, 0.4) is 0 Å². The maximum Gasteiger partial charge on any atom is 0.243 e. The van der Waals surface area contributed by atoms with Crippen LogP contribution in [-0.2, 0) is 20.7 Å². The third kappa shape index (κ3) is 5.60. The van der Waals surface area contributed by atoms with Gasteiger partial charge < -0.3 is 24.3 Å². The normalized spacial score (nSPS) is 14.0. The van der Waals surface area contributed by atoms with Crippen LogP contribution in [0.5, 0.6) is 0 Å². The molecule has 7 heteroatoms. The van der Waals surface area contributed by atoms with Crippen LogP contribution in [0, 0.1) is 0 Å². The Balaban J connectivity index is 1.48. The van der Waals surface area contributed by atoms with E-state index in [1.165, 1.54) is 0 Å². The molecule has 0 saturated carbocycles. The lowest BCUT2D eigenvalue weighted by Gasteiger charge is -2.29. The van der Waals surface area contributed by atoms with Gasteiger partial charge in [-0.2, -0.15) is 0 Å². The number of likely N-dealkylation sites (N-methyl/N-ethyl adjacent to an activating group) is 1. The Morgan fingerprint density at radius 3 is 2.54 bits per heavy atom. The Morgan fingerprint density at radius 1 is 1.14 bits per heavy atom. The predicted octanol–water partition coefficient (Wildman–Crippen LogP) is 2.54. The SMILES string of the molecule is CCN(CC(=O)Nc1ccc(N2CCOCC2)cc1)C(=O)CCc1ccco1. The van der Waals surface area contributed by atoms with E-state index >= 15 is 0 Å². The van der Waals surface area contributed by atoms with Crippen LogP contribution in [0.2, 0.25) is 0 Å². The molecule has 1 aromatic heterocycles. The van der Waals surface area contributed by atoms with Gasteiger partial charge in [0.25, 0.3) is 0 Å². The van der Waals surface area contributed by atoms with E-state index in [-0.39, 0.29) is 18.4 Å². The van der Waals surface area contributed by atoms with Gasteiger partial charge in [-0.1, -0.05) is 0 Å². The van der Waals surface area contributed by atoms with Gasteiger partial charge in [-0.05, 0) is 43.3 Å². The van der Waals surface area contributed by atoms with Crippen molar-refractivity contribution in [3.8, 4) is 0 Å². The molecule has 2 amide bonds. The average molecular weight is 385 g/mol. The quantitative estimate of drug-likeness (QED) is 0.756. The zero-order valence-corrected chi connectivity index (χ0v) is 16.2. The highest BCUT2D eigenvalue weighted by atomic mass is 16.5. The molecule has 0 spiro atoms. The smallest absolute Gasteiger partial charge is 0.243 e. The lowest BCUT2D eigenvalue weighted by atomic mass is 10.2. The molecule has 1 saturated heterocycles. The molecule has 1 N–H and O–H groups in total. The molecular formula is C21H27N3O4. The molecule has 1 aromatic carbocycles. The number of carbonyl (C=O) groups is 2. The summed E-state index contributed by atoms with van der Waals surface area (Å²) in [5, 5.41) is 2.87. The minimum atomic E-state index is -0.202.